The highest BCUT2D eigenvalue weighted by molar-refractivity contribution is 5.88. The minimum absolute atomic E-state index is 0.158. The zero-order valence-corrected chi connectivity index (χ0v) is 19.6. The summed E-state index contributed by atoms with van der Waals surface area (Å²) < 4.78 is 46.0. The number of alkyl halides is 3. The van der Waals surface area contributed by atoms with Gasteiger partial charge in [-0.25, -0.2) is 4.98 Å². The third kappa shape index (κ3) is 4.47. The monoisotopic (exact) mass is 494 g/mol. The van der Waals surface area contributed by atoms with Crippen molar-refractivity contribution in [2.45, 2.75) is 6.18 Å². The Bertz CT molecular complexity index is 1640. The second-order valence-corrected chi connectivity index (χ2v) is 8.51. The molecule has 5 aromatic rings. The second kappa shape index (κ2) is 8.67. The van der Waals surface area contributed by atoms with Gasteiger partial charge >= 0.3 is 6.18 Å². The number of rotatable bonds is 5. The Labute approximate surface area is 203 Å². The van der Waals surface area contributed by atoms with Crippen LogP contribution < -0.4 is 15.2 Å². The Morgan fingerprint density at radius 1 is 1.03 bits per heavy atom. The van der Waals surface area contributed by atoms with Crippen LogP contribution in [0.4, 0.5) is 19.0 Å². The van der Waals surface area contributed by atoms with Gasteiger partial charge in [0.25, 0.3) is 5.56 Å². The highest BCUT2D eigenvalue weighted by Crippen LogP contribution is 2.27. The maximum Gasteiger partial charge on any atom is 0.422 e. The molecule has 0 unspecified atom stereocenters. The first-order chi connectivity index (χ1) is 17.1. The number of nitrogens with zero attached hydrogens (tertiary/aromatic N) is 6. The van der Waals surface area contributed by atoms with Crippen LogP contribution in [0, 0.1) is 0 Å². The van der Waals surface area contributed by atoms with Gasteiger partial charge in [0.1, 0.15) is 5.82 Å². The number of pyridine rings is 3. The van der Waals surface area contributed by atoms with E-state index in [-0.39, 0.29) is 11.5 Å². The van der Waals surface area contributed by atoms with Gasteiger partial charge in [0, 0.05) is 49.7 Å². The Morgan fingerprint density at radius 3 is 2.53 bits per heavy atom. The van der Waals surface area contributed by atoms with Crippen LogP contribution in [0.15, 0.2) is 65.7 Å². The SMILES string of the molecule is CN(C)c1ccc(-n2c(=O)c(-c3ccc4nn(C)cc4c3)cc3ccc(OCC(F)(F)F)nc32)cn1. The molecule has 0 saturated carbocycles. The summed E-state index contributed by atoms with van der Waals surface area (Å²) in [7, 11) is 5.49. The Hall–Kier alpha value is -4.41. The van der Waals surface area contributed by atoms with E-state index in [4.69, 9.17) is 4.74 Å². The van der Waals surface area contributed by atoms with E-state index in [1.54, 1.807) is 28.9 Å². The minimum atomic E-state index is -4.52. The molecule has 0 radical (unpaired) electrons. The van der Waals surface area contributed by atoms with Gasteiger partial charge in [0.15, 0.2) is 12.3 Å². The molecule has 1 aromatic carbocycles. The third-order valence-corrected chi connectivity index (χ3v) is 5.59. The Balaban J connectivity index is 1.72. The molecule has 8 nitrogen and oxygen atoms in total. The zero-order valence-electron chi connectivity index (χ0n) is 19.6. The zero-order chi connectivity index (χ0) is 25.6. The first kappa shape index (κ1) is 23.3. The molecule has 0 bridgehead atoms. The maximum atomic E-state index is 13.8. The van der Waals surface area contributed by atoms with Gasteiger partial charge in [-0.1, -0.05) is 6.07 Å². The number of aryl methyl sites for hydroxylation is 1. The summed E-state index contributed by atoms with van der Waals surface area (Å²) >= 11 is 0. The largest absolute Gasteiger partial charge is 0.468 e. The molecule has 0 amide bonds. The van der Waals surface area contributed by atoms with Crippen molar-refractivity contribution in [3.05, 3.63) is 71.3 Å². The van der Waals surface area contributed by atoms with Crippen molar-refractivity contribution < 1.29 is 17.9 Å². The molecule has 4 heterocycles. The van der Waals surface area contributed by atoms with Gasteiger partial charge in [-0.3, -0.25) is 14.0 Å². The van der Waals surface area contributed by atoms with E-state index in [2.05, 4.69) is 15.1 Å². The molecule has 0 spiro atoms. The first-order valence-corrected chi connectivity index (χ1v) is 10.9. The average Bonchev–Trinajstić information content (AvgIpc) is 3.21. The Morgan fingerprint density at radius 2 is 1.83 bits per heavy atom. The molecule has 0 saturated heterocycles. The van der Waals surface area contributed by atoms with Crippen LogP contribution in [0.5, 0.6) is 5.88 Å². The Kier molecular flexibility index (Phi) is 5.62. The summed E-state index contributed by atoms with van der Waals surface area (Å²) in [6.07, 6.45) is -1.14. The summed E-state index contributed by atoms with van der Waals surface area (Å²) in [5.41, 5.74) is 2.04. The summed E-state index contributed by atoms with van der Waals surface area (Å²) in [5.74, 6) is 0.437. The number of fused-ring (bicyclic) bond motifs is 2. The fourth-order valence-corrected chi connectivity index (χ4v) is 3.94. The third-order valence-electron chi connectivity index (χ3n) is 5.59. The smallest absolute Gasteiger partial charge is 0.422 e. The molecule has 0 aliphatic rings. The number of ether oxygens (including phenoxy) is 1. The van der Waals surface area contributed by atoms with Gasteiger partial charge in [-0.05, 0) is 42.0 Å². The lowest BCUT2D eigenvalue weighted by Gasteiger charge is -2.16. The van der Waals surface area contributed by atoms with Crippen molar-refractivity contribution in [1.82, 2.24) is 24.3 Å². The first-order valence-electron chi connectivity index (χ1n) is 10.9. The van der Waals surface area contributed by atoms with Crippen molar-refractivity contribution in [3.63, 3.8) is 0 Å². The quantitative estimate of drug-likeness (QED) is 0.362. The van der Waals surface area contributed by atoms with Crippen LogP contribution in [0.1, 0.15) is 0 Å². The predicted molar refractivity (Wildman–Crippen MR) is 131 cm³/mol. The van der Waals surface area contributed by atoms with Crippen LogP contribution in [0.2, 0.25) is 0 Å². The number of benzene rings is 1. The van der Waals surface area contributed by atoms with Gasteiger partial charge in [-0.15, -0.1) is 0 Å². The number of anilines is 1. The molecule has 11 heteroatoms. The fourth-order valence-electron chi connectivity index (χ4n) is 3.94. The number of hydrogen-bond acceptors (Lipinski definition) is 6. The molecule has 4 aromatic heterocycles. The van der Waals surface area contributed by atoms with E-state index in [1.165, 1.54) is 16.8 Å². The van der Waals surface area contributed by atoms with Crippen LogP contribution in [-0.4, -0.2) is 51.2 Å². The molecule has 0 aliphatic heterocycles. The summed E-state index contributed by atoms with van der Waals surface area (Å²) in [6.45, 7) is -1.49. The topological polar surface area (TPSA) is 78.1 Å². The van der Waals surface area contributed by atoms with E-state index >= 15 is 0 Å². The second-order valence-electron chi connectivity index (χ2n) is 8.51. The van der Waals surface area contributed by atoms with Crippen LogP contribution in [0.3, 0.4) is 0 Å². The van der Waals surface area contributed by atoms with Crippen LogP contribution >= 0.6 is 0 Å². The van der Waals surface area contributed by atoms with Crippen molar-refractivity contribution in [2.24, 2.45) is 7.05 Å². The van der Waals surface area contributed by atoms with Crippen LogP contribution in [0.25, 0.3) is 38.8 Å². The summed E-state index contributed by atoms with van der Waals surface area (Å²) in [6, 6.07) is 13.6. The molecule has 36 heavy (non-hydrogen) atoms. The fraction of sp³-hybridized carbons (Fsp3) is 0.200. The van der Waals surface area contributed by atoms with E-state index in [1.807, 2.05) is 50.4 Å². The van der Waals surface area contributed by atoms with Crippen molar-refractivity contribution in [1.29, 1.82) is 0 Å². The summed E-state index contributed by atoms with van der Waals surface area (Å²) in [4.78, 5) is 24.3. The van der Waals surface area contributed by atoms with Crippen molar-refractivity contribution in [3.8, 4) is 22.7 Å². The highest BCUT2D eigenvalue weighted by atomic mass is 19.4. The normalized spacial score (nSPS) is 11.8. The van der Waals surface area contributed by atoms with Gasteiger partial charge in [-0.2, -0.15) is 23.3 Å². The van der Waals surface area contributed by atoms with Gasteiger partial charge in [0.2, 0.25) is 5.88 Å². The average molecular weight is 494 g/mol. The lowest BCUT2D eigenvalue weighted by Crippen LogP contribution is -2.23. The van der Waals surface area contributed by atoms with E-state index < -0.39 is 18.3 Å². The standard InChI is InChI=1S/C25H21F3N6O2/c1-32(2)21-8-6-18(12-29-21)34-23-16(5-9-22(30-23)36-14-25(26,27)28)11-19(24(34)35)15-4-7-20-17(10-15)13-33(3)31-20/h4-13H,14H2,1-3H3. The van der Waals surface area contributed by atoms with Gasteiger partial charge in [0.05, 0.1) is 17.4 Å². The van der Waals surface area contributed by atoms with Crippen molar-refractivity contribution in [2.75, 3.05) is 25.6 Å². The highest BCUT2D eigenvalue weighted by Gasteiger charge is 2.29. The molecule has 5 rings (SSSR count). The maximum absolute atomic E-state index is 13.8. The number of halogens is 3. The molecule has 0 fully saturated rings. The molecule has 0 aliphatic carbocycles. The lowest BCUT2D eigenvalue weighted by atomic mass is 10.0. The number of aromatic nitrogens is 5. The molecule has 0 atom stereocenters. The van der Waals surface area contributed by atoms with Gasteiger partial charge < -0.3 is 9.64 Å². The molecular weight excluding hydrogens is 473 g/mol. The molecule has 0 N–H and O–H groups in total. The minimum Gasteiger partial charge on any atom is -0.468 e. The summed E-state index contributed by atoms with van der Waals surface area (Å²) in [5, 5.41) is 5.79. The molecular formula is C25H21F3N6O2. The van der Waals surface area contributed by atoms with Crippen LogP contribution in [-0.2, 0) is 7.05 Å². The predicted octanol–water partition coefficient (Wildman–Crippen LogP) is 4.34. The van der Waals surface area contributed by atoms with E-state index in [0.29, 0.717) is 28.0 Å². The lowest BCUT2D eigenvalue weighted by molar-refractivity contribution is -0.154. The van der Waals surface area contributed by atoms with E-state index in [0.717, 1.165) is 10.9 Å². The molecule has 184 valence electrons. The number of hydrogen-bond donors (Lipinski definition) is 0. The van der Waals surface area contributed by atoms with E-state index in [9.17, 15) is 18.0 Å². The van der Waals surface area contributed by atoms with Crippen molar-refractivity contribution >= 4 is 27.8 Å².